The van der Waals surface area contributed by atoms with E-state index in [0.29, 0.717) is 6.04 Å². The molecular formula is C24H34IN3O. The summed E-state index contributed by atoms with van der Waals surface area (Å²) in [6.45, 7) is 4.72. The Bertz CT molecular complexity index is 730. The van der Waals surface area contributed by atoms with E-state index in [-0.39, 0.29) is 29.4 Å². The molecule has 158 valence electrons. The number of hydrogen-bond donors (Lipinski definition) is 2. The first-order valence-corrected chi connectivity index (χ1v) is 10.4. The molecule has 2 aromatic rings. The van der Waals surface area contributed by atoms with Crippen LogP contribution in [0, 0.1) is 0 Å². The van der Waals surface area contributed by atoms with E-state index in [1.54, 1.807) is 0 Å². The molecule has 0 aromatic heterocycles. The lowest BCUT2D eigenvalue weighted by atomic mass is 9.74. The van der Waals surface area contributed by atoms with Gasteiger partial charge in [-0.25, -0.2) is 0 Å². The quantitative estimate of drug-likeness (QED) is 0.329. The van der Waals surface area contributed by atoms with Crippen molar-refractivity contribution in [2.24, 2.45) is 4.99 Å². The third-order valence-electron chi connectivity index (χ3n) is 5.75. The monoisotopic (exact) mass is 507 g/mol. The molecule has 1 heterocycles. The van der Waals surface area contributed by atoms with Crippen LogP contribution in [0.2, 0.25) is 0 Å². The molecule has 0 amide bonds. The summed E-state index contributed by atoms with van der Waals surface area (Å²) < 4.78 is 5.64. The Morgan fingerprint density at radius 1 is 1.03 bits per heavy atom. The second kappa shape index (κ2) is 12.2. The number of hydrogen-bond acceptors (Lipinski definition) is 2. The molecule has 1 unspecified atom stereocenters. The second-order valence-corrected chi connectivity index (χ2v) is 7.75. The minimum atomic E-state index is 0. The van der Waals surface area contributed by atoms with Crippen molar-refractivity contribution < 1.29 is 4.74 Å². The van der Waals surface area contributed by atoms with Crippen LogP contribution >= 0.6 is 24.0 Å². The fourth-order valence-corrected chi connectivity index (χ4v) is 3.90. The first-order chi connectivity index (χ1) is 13.7. The van der Waals surface area contributed by atoms with Crippen LogP contribution in [0.15, 0.2) is 65.7 Å². The average molecular weight is 507 g/mol. The number of nitrogens with zero attached hydrogens (tertiary/aromatic N) is 1. The molecule has 0 radical (unpaired) electrons. The number of benzene rings is 2. The van der Waals surface area contributed by atoms with Crippen LogP contribution in [0.4, 0.5) is 0 Å². The molecule has 0 bridgehead atoms. The summed E-state index contributed by atoms with van der Waals surface area (Å²) in [5, 5.41) is 7.14. The zero-order chi connectivity index (χ0) is 19.7. The fraction of sp³-hybridized carbons (Fsp3) is 0.458. The molecule has 2 aromatic carbocycles. The van der Waals surface area contributed by atoms with E-state index >= 15 is 0 Å². The SMILES string of the molecule is CN=C(NCC1(c2ccccc2)CCOCC1)NC(C)CCc1ccccc1.I. The van der Waals surface area contributed by atoms with Crippen molar-refractivity contribution in [3.05, 3.63) is 71.8 Å². The van der Waals surface area contributed by atoms with E-state index in [4.69, 9.17) is 4.74 Å². The van der Waals surface area contributed by atoms with Gasteiger partial charge in [0.1, 0.15) is 0 Å². The van der Waals surface area contributed by atoms with Crippen LogP contribution in [0.25, 0.3) is 0 Å². The van der Waals surface area contributed by atoms with E-state index < -0.39 is 0 Å². The number of guanidine groups is 1. The Balaban J connectivity index is 0.00000300. The number of rotatable bonds is 7. The summed E-state index contributed by atoms with van der Waals surface area (Å²) in [6, 6.07) is 21.8. The summed E-state index contributed by atoms with van der Waals surface area (Å²) in [5.74, 6) is 0.877. The van der Waals surface area contributed by atoms with E-state index in [1.807, 2.05) is 7.05 Å². The summed E-state index contributed by atoms with van der Waals surface area (Å²) in [4.78, 5) is 4.46. The number of aryl methyl sites for hydroxylation is 1. The standard InChI is InChI=1S/C24H33N3O.HI/c1-20(13-14-21-9-5-3-6-10-21)27-23(25-2)26-19-24(15-17-28-18-16-24)22-11-7-4-8-12-22;/h3-12,20H,13-19H2,1-2H3,(H2,25,26,27);1H. The van der Waals surface area contributed by atoms with Crippen molar-refractivity contribution in [2.75, 3.05) is 26.8 Å². The number of halogens is 1. The van der Waals surface area contributed by atoms with Gasteiger partial charge >= 0.3 is 0 Å². The topological polar surface area (TPSA) is 45.7 Å². The molecule has 1 aliphatic rings. The second-order valence-electron chi connectivity index (χ2n) is 7.75. The Morgan fingerprint density at radius 3 is 2.28 bits per heavy atom. The lowest BCUT2D eigenvalue weighted by Crippen LogP contribution is -2.49. The molecule has 3 rings (SSSR count). The van der Waals surface area contributed by atoms with Gasteiger partial charge in [0.25, 0.3) is 0 Å². The Hall–Kier alpha value is -1.60. The minimum absolute atomic E-state index is 0. The van der Waals surface area contributed by atoms with Gasteiger partial charge in [-0.2, -0.15) is 0 Å². The fourth-order valence-electron chi connectivity index (χ4n) is 3.90. The molecule has 0 aliphatic carbocycles. The zero-order valence-electron chi connectivity index (χ0n) is 17.6. The molecule has 5 heteroatoms. The highest BCUT2D eigenvalue weighted by molar-refractivity contribution is 14.0. The van der Waals surface area contributed by atoms with E-state index in [2.05, 4.69) is 83.2 Å². The van der Waals surface area contributed by atoms with Gasteiger partial charge in [-0.1, -0.05) is 60.7 Å². The van der Waals surface area contributed by atoms with Gasteiger partial charge in [-0.15, -0.1) is 24.0 Å². The summed E-state index contributed by atoms with van der Waals surface area (Å²) in [5.41, 5.74) is 2.87. The Kier molecular flexibility index (Phi) is 9.94. The predicted octanol–water partition coefficient (Wildman–Crippen LogP) is 4.54. The molecule has 1 atom stereocenters. The number of aliphatic imine (C=N–C) groups is 1. The first-order valence-electron chi connectivity index (χ1n) is 10.4. The number of nitrogens with one attached hydrogen (secondary N) is 2. The average Bonchev–Trinajstić information content (AvgIpc) is 2.77. The van der Waals surface area contributed by atoms with Gasteiger partial charge in [0.05, 0.1) is 0 Å². The van der Waals surface area contributed by atoms with Crippen LogP contribution in [0.1, 0.15) is 37.3 Å². The van der Waals surface area contributed by atoms with E-state index in [0.717, 1.165) is 51.4 Å². The van der Waals surface area contributed by atoms with E-state index in [1.165, 1.54) is 11.1 Å². The Labute approximate surface area is 192 Å². The van der Waals surface area contributed by atoms with Gasteiger partial charge in [-0.3, -0.25) is 4.99 Å². The Morgan fingerprint density at radius 2 is 1.66 bits per heavy atom. The van der Waals surface area contributed by atoms with Crippen molar-refractivity contribution >= 4 is 29.9 Å². The highest BCUT2D eigenvalue weighted by Gasteiger charge is 2.34. The lowest BCUT2D eigenvalue weighted by molar-refractivity contribution is 0.0513. The molecule has 29 heavy (non-hydrogen) atoms. The van der Waals surface area contributed by atoms with E-state index in [9.17, 15) is 0 Å². The summed E-state index contributed by atoms with van der Waals surface area (Å²) in [6.07, 6.45) is 4.20. The molecule has 2 N–H and O–H groups in total. The predicted molar refractivity (Wildman–Crippen MR) is 132 cm³/mol. The zero-order valence-corrected chi connectivity index (χ0v) is 19.9. The van der Waals surface area contributed by atoms with Crippen molar-refractivity contribution in [1.29, 1.82) is 0 Å². The molecule has 1 saturated heterocycles. The molecule has 0 spiro atoms. The lowest BCUT2D eigenvalue weighted by Gasteiger charge is -2.38. The maximum Gasteiger partial charge on any atom is 0.191 e. The van der Waals surface area contributed by atoms with Crippen LogP contribution in [-0.4, -0.2) is 38.8 Å². The first kappa shape index (κ1) is 23.7. The molecule has 0 saturated carbocycles. The number of ether oxygens (including phenoxy) is 1. The van der Waals surface area contributed by atoms with Crippen LogP contribution in [0.5, 0.6) is 0 Å². The van der Waals surface area contributed by atoms with Gasteiger partial charge in [-0.05, 0) is 43.7 Å². The van der Waals surface area contributed by atoms with Crippen molar-refractivity contribution in [3.8, 4) is 0 Å². The molecule has 4 nitrogen and oxygen atoms in total. The van der Waals surface area contributed by atoms with Gasteiger partial charge in [0.15, 0.2) is 5.96 Å². The molecule has 1 aliphatic heterocycles. The van der Waals surface area contributed by atoms with Crippen molar-refractivity contribution in [3.63, 3.8) is 0 Å². The molecular weight excluding hydrogens is 473 g/mol. The highest BCUT2D eigenvalue weighted by atomic mass is 127. The van der Waals surface area contributed by atoms with Crippen molar-refractivity contribution in [2.45, 2.75) is 44.1 Å². The minimum Gasteiger partial charge on any atom is -0.381 e. The summed E-state index contributed by atoms with van der Waals surface area (Å²) >= 11 is 0. The van der Waals surface area contributed by atoms with Gasteiger partial charge < -0.3 is 15.4 Å². The third kappa shape index (κ3) is 7.00. The van der Waals surface area contributed by atoms with Gasteiger partial charge in [0, 0.05) is 38.3 Å². The highest BCUT2D eigenvalue weighted by Crippen LogP contribution is 2.34. The largest absolute Gasteiger partial charge is 0.381 e. The molecule has 1 fully saturated rings. The smallest absolute Gasteiger partial charge is 0.191 e. The maximum atomic E-state index is 5.64. The van der Waals surface area contributed by atoms with Gasteiger partial charge in [0.2, 0.25) is 0 Å². The van der Waals surface area contributed by atoms with Crippen LogP contribution in [0.3, 0.4) is 0 Å². The van der Waals surface area contributed by atoms with Crippen LogP contribution < -0.4 is 10.6 Å². The van der Waals surface area contributed by atoms with Crippen molar-refractivity contribution in [1.82, 2.24) is 10.6 Å². The summed E-state index contributed by atoms with van der Waals surface area (Å²) in [7, 11) is 1.85. The third-order valence-corrected chi connectivity index (χ3v) is 5.75. The maximum absolute atomic E-state index is 5.64. The normalized spacial score (nSPS) is 17.1. The van der Waals surface area contributed by atoms with Crippen LogP contribution in [-0.2, 0) is 16.6 Å².